The van der Waals surface area contributed by atoms with E-state index in [1.54, 1.807) is 0 Å². The molecule has 1 aliphatic heterocycles. The van der Waals surface area contributed by atoms with E-state index < -0.39 is 11.4 Å². The van der Waals surface area contributed by atoms with Crippen molar-refractivity contribution in [2.75, 3.05) is 0 Å². The first-order valence-corrected chi connectivity index (χ1v) is 6.73. The zero-order valence-corrected chi connectivity index (χ0v) is 11.8. The Balaban J connectivity index is 2.60. The van der Waals surface area contributed by atoms with E-state index in [1.165, 1.54) is 19.3 Å². The molecule has 0 saturated carbocycles. The number of Topliss-reactive ketones (excluding diaryl/α,β-unsaturated/α-hetero) is 1. The maximum atomic E-state index is 12.1. The molecule has 0 radical (unpaired) electrons. The Bertz CT molecular complexity index is 273. The van der Waals surface area contributed by atoms with Gasteiger partial charge in [-0.15, -0.1) is 0 Å². The molecule has 0 spiro atoms. The molecule has 0 aromatic heterocycles. The van der Waals surface area contributed by atoms with Crippen LogP contribution in [-0.2, 0) is 14.3 Å². The molecule has 1 aliphatic rings. The van der Waals surface area contributed by atoms with E-state index in [9.17, 15) is 4.79 Å². The van der Waals surface area contributed by atoms with Crippen LogP contribution in [0, 0.1) is 0 Å². The van der Waals surface area contributed by atoms with Gasteiger partial charge < -0.3 is 9.47 Å². The van der Waals surface area contributed by atoms with Crippen molar-refractivity contribution in [1.82, 2.24) is 0 Å². The summed E-state index contributed by atoms with van der Waals surface area (Å²) in [6, 6.07) is 0. The average Bonchev–Trinajstić information content (AvgIpc) is 2.20. The Kier molecular flexibility index (Phi) is 4.73. The van der Waals surface area contributed by atoms with Crippen LogP contribution in [0.1, 0.15) is 66.7 Å². The maximum absolute atomic E-state index is 12.1. The molecule has 0 unspecified atom stereocenters. The zero-order valence-electron chi connectivity index (χ0n) is 11.8. The molecule has 0 bridgehead atoms. The van der Waals surface area contributed by atoms with E-state index in [0.29, 0.717) is 0 Å². The van der Waals surface area contributed by atoms with E-state index in [1.807, 2.05) is 27.7 Å². The highest BCUT2D eigenvalue weighted by atomic mass is 16.7. The molecule has 1 saturated heterocycles. The van der Waals surface area contributed by atoms with Crippen molar-refractivity contribution in [1.29, 1.82) is 0 Å². The van der Waals surface area contributed by atoms with Gasteiger partial charge in [0.2, 0.25) is 0 Å². The van der Waals surface area contributed by atoms with Crippen LogP contribution in [0.25, 0.3) is 0 Å². The minimum Gasteiger partial charge on any atom is -0.340 e. The lowest BCUT2D eigenvalue weighted by Gasteiger charge is -2.44. The number of hydrogen-bond donors (Lipinski definition) is 0. The normalized spacial score (nSPS) is 32.8. The van der Waals surface area contributed by atoms with E-state index in [4.69, 9.17) is 9.47 Å². The lowest BCUT2D eigenvalue weighted by Crippen LogP contribution is -2.57. The number of ketones is 1. The first kappa shape index (κ1) is 14.7. The molecule has 0 aliphatic carbocycles. The first-order chi connectivity index (χ1) is 7.81. The third-order valence-electron chi connectivity index (χ3n) is 3.33. The van der Waals surface area contributed by atoms with Crippen LogP contribution in [-0.4, -0.2) is 23.3 Å². The Morgan fingerprint density at radius 3 is 2.41 bits per heavy atom. The summed E-state index contributed by atoms with van der Waals surface area (Å²) in [7, 11) is 0. The third kappa shape index (κ3) is 3.78. The third-order valence-corrected chi connectivity index (χ3v) is 3.33. The van der Waals surface area contributed by atoms with E-state index >= 15 is 0 Å². The van der Waals surface area contributed by atoms with Crippen molar-refractivity contribution in [3.63, 3.8) is 0 Å². The van der Waals surface area contributed by atoms with Gasteiger partial charge in [0.25, 0.3) is 0 Å². The zero-order chi connectivity index (χ0) is 13.1. The van der Waals surface area contributed by atoms with Crippen molar-refractivity contribution in [2.24, 2.45) is 0 Å². The standard InChI is InChI=1S/C14H26O3/c1-6-7-8-9-10-14(5)12(15)11(2)16-13(3,4)17-14/h11H,6-10H2,1-5H3/t11-,14-/m1/s1. The molecule has 0 aromatic rings. The second-order valence-electron chi connectivity index (χ2n) is 5.67. The Morgan fingerprint density at radius 1 is 1.18 bits per heavy atom. The van der Waals surface area contributed by atoms with Crippen molar-refractivity contribution >= 4 is 5.78 Å². The smallest absolute Gasteiger partial charge is 0.192 e. The molecular formula is C14H26O3. The lowest BCUT2D eigenvalue weighted by molar-refractivity contribution is -0.302. The summed E-state index contributed by atoms with van der Waals surface area (Å²) in [6.45, 7) is 9.66. The second kappa shape index (κ2) is 5.49. The SMILES string of the molecule is CCCCCC[C@@]1(C)OC(C)(C)O[C@H](C)C1=O. The van der Waals surface area contributed by atoms with Gasteiger partial charge in [-0.25, -0.2) is 0 Å². The predicted molar refractivity (Wildman–Crippen MR) is 67.9 cm³/mol. The molecule has 3 heteroatoms. The lowest BCUT2D eigenvalue weighted by atomic mass is 9.89. The maximum Gasteiger partial charge on any atom is 0.192 e. The van der Waals surface area contributed by atoms with Gasteiger partial charge in [-0.3, -0.25) is 4.79 Å². The molecular weight excluding hydrogens is 216 g/mol. The number of carbonyl (C=O) groups excluding carboxylic acids is 1. The van der Waals surface area contributed by atoms with Gasteiger partial charge in [-0.2, -0.15) is 0 Å². The summed E-state index contributed by atoms with van der Waals surface area (Å²) in [6.07, 6.45) is 5.06. The fourth-order valence-electron chi connectivity index (χ4n) is 2.59. The van der Waals surface area contributed by atoms with Gasteiger partial charge in [0.05, 0.1) is 0 Å². The minimum atomic E-state index is -0.672. The Labute approximate surface area is 105 Å². The van der Waals surface area contributed by atoms with Gasteiger partial charge >= 0.3 is 0 Å². The molecule has 0 N–H and O–H groups in total. The fourth-order valence-corrected chi connectivity index (χ4v) is 2.59. The molecule has 2 atom stereocenters. The molecule has 0 amide bonds. The summed E-state index contributed by atoms with van der Waals surface area (Å²) in [5.41, 5.74) is -0.672. The molecule has 1 heterocycles. The molecule has 17 heavy (non-hydrogen) atoms. The van der Waals surface area contributed by atoms with Gasteiger partial charge in [-0.1, -0.05) is 32.6 Å². The van der Waals surface area contributed by atoms with E-state index in [-0.39, 0.29) is 11.9 Å². The second-order valence-corrected chi connectivity index (χ2v) is 5.67. The molecule has 1 fully saturated rings. The fraction of sp³-hybridized carbons (Fsp3) is 0.929. The highest BCUT2D eigenvalue weighted by molar-refractivity contribution is 5.91. The molecule has 3 nitrogen and oxygen atoms in total. The number of rotatable bonds is 5. The van der Waals surface area contributed by atoms with Gasteiger partial charge in [0, 0.05) is 0 Å². The quantitative estimate of drug-likeness (QED) is 0.693. The summed E-state index contributed by atoms with van der Waals surface area (Å²) in [4.78, 5) is 12.1. The number of carbonyl (C=O) groups is 1. The van der Waals surface area contributed by atoms with Gasteiger partial charge in [-0.05, 0) is 34.1 Å². The first-order valence-electron chi connectivity index (χ1n) is 6.73. The Morgan fingerprint density at radius 2 is 1.82 bits per heavy atom. The van der Waals surface area contributed by atoms with Crippen LogP contribution in [0.2, 0.25) is 0 Å². The number of hydrogen-bond acceptors (Lipinski definition) is 3. The molecule has 100 valence electrons. The van der Waals surface area contributed by atoms with Gasteiger partial charge in [0.1, 0.15) is 11.7 Å². The molecule has 1 rings (SSSR count). The summed E-state index contributed by atoms with van der Waals surface area (Å²) >= 11 is 0. The van der Waals surface area contributed by atoms with Crippen LogP contribution in [0.3, 0.4) is 0 Å². The van der Waals surface area contributed by atoms with Crippen LogP contribution in [0.15, 0.2) is 0 Å². The average molecular weight is 242 g/mol. The largest absolute Gasteiger partial charge is 0.340 e. The number of unbranched alkanes of at least 4 members (excludes halogenated alkanes) is 3. The van der Waals surface area contributed by atoms with Gasteiger partial charge in [0.15, 0.2) is 11.6 Å². The summed E-state index contributed by atoms with van der Waals surface area (Å²) in [5.74, 6) is -0.583. The number of ether oxygens (including phenoxy) is 2. The molecule has 0 aromatic carbocycles. The Hall–Kier alpha value is -0.410. The summed E-state index contributed by atoms with van der Waals surface area (Å²) < 4.78 is 11.4. The monoisotopic (exact) mass is 242 g/mol. The van der Waals surface area contributed by atoms with Crippen LogP contribution < -0.4 is 0 Å². The minimum absolute atomic E-state index is 0.0772. The van der Waals surface area contributed by atoms with E-state index in [2.05, 4.69) is 6.92 Å². The topological polar surface area (TPSA) is 35.5 Å². The van der Waals surface area contributed by atoms with Crippen molar-refractivity contribution < 1.29 is 14.3 Å². The van der Waals surface area contributed by atoms with E-state index in [0.717, 1.165) is 12.8 Å². The van der Waals surface area contributed by atoms with Crippen LogP contribution in [0.5, 0.6) is 0 Å². The van der Waals surface area contributed by atoms with Crippen LogP contribution >= 0.6 is 0 Å². The predicted octanol–water partition coefficient (Wildman–Crippen LogP) is 3.46. The summed E-state index contributed by atoms with van der Waals surface area (Å²) in [5, 5.41) is 0. The van der Waals surface area contributed by atoms with Crippen molar-refractivity contribution in [2.45, 2.75) is 84.2 Å². The van der Waals surface area contributed by atoms with Crippen LogP contribution in [0.4, 0.5) is 0 Å². The highest BCUT2D eigenvalue weighted by Crippen LogP contribution is 2.34. The highest BCUT2D eigenvalue weighted by Gasteiger charge is 2.47. The van der Waals surface area contributed by atoms with Crippen molar-refractivity contribution in [3.05, 3.63) is 0 Å². The van der Waals surface area contributed by atoms with Crippen molar-refractivity contribution in [3.8, 4) is 0 Å².